The number of hydrogen-bond acceptors (Lipinski definition) is 2. The number of esters is 1. The molecule has 0 fully saturated rings. The fraction of sp³-hybridized carbons (Fsp3) is 0.273. The van der Waals surface area contributed by atoms with Gasteiger partial charge in [-0.2, -0.15) is 0 Å². The lowest BCUT2D eigenvalue weighted by Crippen LogP contribution is -1.93. The fourth-order valence-corrected chi connectivity index (χ4v) is 1.52. The van der Waals surface area contributed by atoms with Crippen LogP contribution in [0, 0.1) is 6.42 Å². The summed E-state index contributed by atoms with van der Waals surface area (Å²) >= 11 is 0. The van der Waals surface area contributed by atoms with Crippen LogP contribution in [0.15, 0.2) is 18.2 Å². The highest BCUT2D eigenvalue weighted by Crippen LogP contribution is 2.21. The molecule has 1 heterocycles. The first kappa shape index (κ1) is 8.30. The number of ether oxygens (including phenoxy) is 1. The molecule has 0 atom stereocenters. The maximum Gasteiger partial charge on any atom is 0.338 e. The second-order valence-electron chi connectivity index (χ2n) is 3.11. The van der Waals surface area contributed by atoms with Crippen molar-refractivity contribution >= 4 is 5.97 Å². The average Bonchev–Trinajstić information content (AvgIpc) is 2.48. The molecule has 0 unspecified atom stereocenters. The van der Waals surface area contributed by atoms with Crippen LogP contribution >= 0.6 is 0 Å². The van der Waals surface area contributed by atoms with Gasteiger partial charge >= 0.3 is 5.97 Å². The normalized spacial score (nSPS) is 14.1. The first-order valence-electron chi connectivity index (χ1n) is 4.44. The number of benzene rings is 1. The standard InChI is InChI=1S/C11H11O2/c1-2-3-8-4-5-10-9(6-8)7-13-11(10)12/h3-6H,2,7H2,1H3. The SMILES string of the molecule is CC[CH]c1ccc2c(c1)COC2=O. The van der Waals surface area contributed by atoms with Crippen molar-refractivity contribution < 1.29 is 9.53 Å². The van der Waals surface area contributed by atoms with Crippen LogP contribution in [-0.2, 0) is 11.3 Å². The van der Waals surface area contributed by atoms with Gasteiger partial charge in [-0.3, -0.25) is 0 Å². The summed E-state index contributed by atoms with van der Waals surface area (Å²) in [5, 5.41) is 0. The summed E-state index contributed by atoms with van der Waals surface area (Å²) in [5.41, 5.74) is 2.89. The van der Waals surface area contributed by atoms with Crippen molar-refractivity contribution in [3.63, 3.8) is 0 Å². The van der Waals surface area contributed by atoms with Gasteiger partial charge in [-0.25, -0.2) is 4.79 Å². The largest absolute Gasteiger partial charge is 0.457 e. The minimum Gasteiger partial charge on any atom is -0.457 e. The van der Waals surface area contributed by atoms with Gasteiger partial charge in [0.15, 0.2) is 0 Å². The van der Waals surface area contributed by atoms with E-state index in [9.17, 15) is 4.79 Å². The molecule has 0 bridgehead atoms. The van der Waals surface area contributed by atoms with Crippen molar-refractivity contribution in [1.29, 1.82) is 0 Å². The summed E-state index contributed by atoms with van der Waals surface area (Å²) < 4.78 is 4.90. The molecule has 0 amide bonds. The molecule has 0 spiro atoms. The van der Waals surface area contributed by atoms with E-state index in [1.165, 1.54) is 5.56 Å². The maximum atomic E-state index is 11.1. The maximum absolute atomic E-state index is 11.1. The van der Waals surface area contributed by atoms with E-state index in [2.05, 4.69) is 13.3 Å². The molecule has 0 aliphatic carbocycles. The number of cyclic esters (lactones) is 1. The highest BCUT2D eigenvalue weighted by atomic mass is 16.5. The van der Waals surface area contributed by atoms with Gasteiger partial charge < -0.3 is 4.74 Å². The van der Waals surface area contributed by atoms with Gasteiger partial charge in [0.25, 0.3) is 0 Å². The smallest absolute Gasteiger partial charge is 0.338 e. The lowest BCUT2D eigenvalue weighted by atomic mass is 10.0. The monoisotopic (exact) mass is 175 g/mol. The lowest BCUT2D eigenvalue weighted by molar-refractivity contribution is 0.0535. The van der Waals surface area contributed by atoms with Crippen molar-refractivity contribution in [1.82, 2.24) is 0 Å². The van der Waals surface area contributed by atoms with Crippen LogP contribution < -0.4 is 0 Å². The third-order valence-corrected chi connectivity index (χ3v) is 2.15. The molecule has 2 rings (SSSR count). The zero-order chi connectivity index (χ0) is 9.26. The van der Waals surface area contributed by atoms with Gasteiger partial charge in [-0.05, 0) is 24.5 Å². The van der Waals surface area contributed by atoms with E-state index in [-0.39, 0.29) is 5.97 Å². The predicted octanol–water partition coefficient (Wildman–Crippen LogP) is 2.32. The fourth-order valence-electron chi connectivity index (χ4n) is 1.52. The second-order valence-corrected chi connectivity index (χ2v) is 3.11. The first-order chi connectivity index (χ1) is 6.31. The van der Waals surface area contributed by atoms with Crippen molar-refractivity contribution in [2.45, 2.75) is 20.0 Å². The number of rotatable bonds is 2. The van der Waals surface area contributed by atoms with E-state index >= 15 is 0 Å². The third kappa shape index (κ3) is 1.44. The molecule has 1 aromatic rings. The number of carbonyl (C=O) groups excluding carboxylic acids is 1. The molecular formula is C11H11O2. The van der Waals surface area contributed by atoms with Gasteiger partial charge in [0.1, 0.15) is 6.61 Å². The first-order valence-corrected chi connectivity index (χ1v) is 4.44. The molecule has 0 saturated carbocycles. The summed E-state index contributed by atoms with van der Waals surface area (Å²) in [7, 11) is 0. The molecule has 0 aromatic heterocycles. The minimum atomic E-state index is -0.196. The Bertz CT molecular complexity index is 342. The van der Waals surface area contributed by atoms with E-state index in [1.54, 1.807) is 0 Å². The van der Waals surface area contributed by atoms with E-state index < -0.39 is 0 Å². The lowest BCUT2D eigenvalue weighted by Gasteiger charge is -1.99. The molecule has 67 valence electrons. The van der Waals surface area contributed by atoms with Crippen LogP contribution in [0.3, 0.4) is 0 Å². The quantitative estimate of drug-likeness (QED) is 0.645. The Labute approximate surface area is 77.5 Å². The molecule has 0 N–H and O–H groups in total. The van der Waals surface area contributed by atoms with Gasteiger partial charge in [-0.15, -0.1) is 0 Å². The van der Waals surface area contributed by atoms with Crippen LogP contribution in [0.2, 0.25) is 0 Å². The topological polar surface area (TPSA) is 26.3 Å². The summed E-state index contributed by atoms with van der Waals surface area (Å²) in [5.74, 6) is -0.196. The molecule has 1 aromatic carbocycles. The molecule has 13 heavy (non-hydrogen) atoms. The van der Waals surface area contributed by atoms with Crippen molar-refractivity contribution in [2.75, 3.05) is 0 Å². The predicted molar refractivity (Wildman–Crippen MR) is 49.3 cm³/mol. The van der Waals surface area contributed by atoms with Crippen molar-refractivity contribution in [3.8, 4) is 0 Å². The molecular weight excluding hydrogens is 164 g/mol. The van der Waals surface area contributed by atoms with Gasteiger partial charge in [-0.1, -0.05) is 19.1 Å². The summed E-state index contributed by atoms with van der Waals surface area (Å²) in [6.45, 7) is 2.52. The molecule has 0 saturated heterocycles. The molecule has 1 radical (unpaired) electrons. The van der Waals surface area contributed by atoms with Gasteiger partial charge in [0, 0.05) is 5.56 Å². The zero-order valence-electron chi connectivity index (χ0n) is 7.54. The zero-order valence-corrected chi connectivity index (χ0v) is 7.54. The number of hydrogen-bond donors (Lipinski definition) is 0. The minimum absolute atomic E-state index is 0.196. The summed E-state index contributed by atoms with van der Waals surface area (Å²) in [4.78, 5) is 11.1. The number of carbonyl (C=O) groups is 1. The second kappa shape index (κ2) is 3.21. The van der Waals surface area contributed by atoms with E-state index in [4.69, 9.17) is 4.74 Å². The Morgan fingerprint density at radius 1 is 1.54 bits per heavy atom. The van der Waals surface area contributed by atoms with Gasteiger partial charge in [0.2, 0.25) is 0 Å². The molecule has 2 heteroatoms. The Morgan fingerprint density at radius 3 is 3.15 bits per heavy atom. The van der Waals surface area contributed by atoms with Crippen LogP contribution in [0.1, 0.15) is 34.8 Å². The van der Waals surface area contributed by atoms with Crippen LogP contribution in [0.4, 0.5) is 0 Å². The summed E-state index contributed by atoms with van der Waals surface area (Å²) in [6, 6.07) is 5.81. The average molecular weight is 175 g/mol. The highest BCUT2D eigenvalue weighted by Gasteiger charge is 2.20. The molecule has 1 aliphatic rings. The van der Waals surface area contributed by atoms with E-state index in [0.29, 0.717) is 12.2 Å². The van der Waals surface area contributed by atoms with Crippen LogP contribution in [0.5, 0.6) is 0 Å². The third-order valence-electron chi connectivity index (χ3n) is 2.15. The Balaban J connectivity index is 2.34. The number of fused-ring (bicyclic) bond motifs is 1. The van der Waals surface area contributed by atoms with Crippen molar-refractivity contribution in [2.24, 2.45) is 0 Å². The molecule has 2 nitrogen and oxygen atoms in total. The van der Waals surface area contributed by atoms with Crippen LogP contribution in [0.25, 0.3) is 0 Å². The van der Waals surface area contributed by atoms with E-state index in [0.717, 1.165) is 12.0 Å². The summed E-state index contributed by atoms with van der Waals surface area (Å²) in [6.07, 6.45) is 3.14. The Morgan fingerprint density at radius 2 is 2.38 bits per heavy atom. The Hall–Kier alpha value is -1.31. The van der Waals surface area contributed by atoms with E-state index in [1.807, 2.05) is 18.2 Å². The molecule has 1 aliphatic heterocycles. The van der Waals surface area contributed by atoms with Crippen LogP contribution in [-0.4, -0.2) is 5.97 Å². The van der Waals surface area contributed by atoms with Gasteiger partial charge in [0.05, 0.1) is 5.56 Å². The highest BCUT2D eigenvalue weighted by molar-refractivity contribution is 5.93. The Kier molecular flexibility index (Phi) is 2.05. The van der Waals surface area contributed by atoms with Crippen molar-refractivity contribution in [3.05, 3.63) is 41.3 Å².